The fourth-order valence-electron chi connectivity index (χ4n) is 2.35. The van der Waals surface area contributed by atoms with Crippen molar-refractivity contribution in [3.05, 3.63) is 60.2 Å². The lowest BCUT2D eigenvalue weighted by molar-refractivity contribution is -0.140. The Morgan fingerprint density at radius 2 is 1.46 bits per heavy atom. The molecule has 0 aliphatic carbocycles. The number of benzene rings is 2. The number of ketones is 1. The predicted molar refractivity (Wildman–Crippen MR) is 89.1 cm³/mol. The van der Waals surface area contributed by atoms with Crippen LogP contribution in [0.3, 0.4) is 0 Å². The Labute approximate surface area is 139 Å². The molecule has 0 bridgehead atoms. The second-order valence-electron chi connectivity index (χ2n) is 5.44. The van der Waals surface area contributed by atoms with E-state index in [0.717, 1.165) is 11.1 Å². The standard InChI is InChI=1S/C18H18N2O4/c19-15(17(20)22)10-14(18(23)24)16(21)13-8-6-12(7-9-13)11-4-2-1-3-5-11/h1-9,14-15H,10,19H2,(H2,20,22)(H,23,24)/t14?,15-/m1/s1. The van der Waals surface area contributed by atoms with E-state index in [-0.39, 0.29) is 12.0 Å². The molecule has 24 heavy (non-hydrogen) atoms. The van der Waals surface area contributed by atoms with E-state index in [9.17, 15) is 19.5 Å². The predicted octanol–water partition coefficient (Wildman–Crippen LogP) is 1.44. The highest BCUT2D eigenvalue weighted by atomic mass is 16.4. The van der Waals surface area contributed by atoms with Crippen molar-refractivity contribution in [1.82, 2.24) is 0 Å². The third-order valence-electron chi connectivity index (χ3n) is 3.75. The lowest BCUT2D eigenvalue weighted by atomic mass is 9.90. The molecule has 2 atom stereocenters. The Morgan fingerprint density at radius 1 is 0.917 bits per heavy atom. The molecule has 0 saturated carbocycles. The summed E-state index contributed by atoms with van der Waals surface area (Å²) in [5.41, 5.74) is 12.7. The summed E-state index contributed by atoms with van der Waals surface area (Å²) in [5, 5.41) is 9.24. The Morgan fingerprint density at radius 3 is 1.96 bits per heavy atom. The number of Topliss-reactive ketones (excluding diaryl/α,β-unsaturated/α-hetero) is 1. The molecule has 2 rings (SSSR count). The van der Waals surface area contributed by atoms with Crippen LogP contribution in [0.5, 0.6) is 0 Å². The van der Waals surface area contributed by atoms with Gasteiger partial charge in [0, 0.05) is 5.56 Å². The van der Waals surface area contributed by atoms with E-state index >= 15 is 0 Å². The van der Waals surface area contributed by atoms with Gasteiger partial charge in [0.15, 0.2) is 5.78 Å². The van der Waals surface area contributed by atoms with E-state index in [2.05, 4.69) is 0 Å². The Kier molecular flexibility index (Phi) is 5.44. The quantitative estimate of drug-likeness (QED) is 0.524. The van der Waals surface area contributed by atoms with Gasteiger partial charge in [0.1, 0.15) is 5.92 Å². The molecule has 124 valence electrons. The average molecular weight is 326 g/mol. The zero-order chi connectivity index (χ0) is 17.7. The molecular formula is C18H18N2O4. The van der Waals surface area contributed by atoms with Crippen LogP contribution in [0, 0.1) is 5.92 Å². The number of primary amides is 1. The van der Waals surface area contributed by atoms with Crippen molar-refractivity contribution in [3.8, 4) is 11.1 Å². The number of carbonyl (C=O) groups excluding carboxylic acids is 2. The summed E-state index contributed by atoms with van der Waals surface area (Å²) in [6, 6.07) is 15.0. The highest BCUT2D eigenvalue weighted by Crippen LogP contribution is 2.21. The van der Waals surface area contributed by atoms with Gasteiger partial charge in [-0.1, -0.05) is 54.6 Å². The molecule has 0 aliphatic heterocycles. The van der Waals surface area contributed by atoms with E-state index in [1.807, 2.05) is 30.3 Å². The minimum Gasteiger partial charge on any atom is -0.481 e. The maximum absolute atomic E-state index is 12.4. The van der Waals surface area contributed by atoms with E-state index in [1.165, 1.54) is 0 Å². The molecule has 0 fully saturated rings. The zero-order valence-corrected chi connectivity index (χ0v) is 12.9. The van der Waals surface area contributed by atoms with E-state index in [1.54, 1.807) is 24.3 Å². The maximum Gasteiger partial charge on any atom is 0.314 e. The summed E-state index contributed by atoms with van der Waals surface area (Å²) in [5.74, 6) is -4.17. The highest BCUT2D eigenvalue weighted by Gasteiger charge is 2.30. The topological polar surface area (TPSA) is 123 Å². The second kappa shape index (κ2) is 7.52. The number of hydrogen-bond donors (Lipinski definition) is 3. The summed E-state index contributed by atoms with van der Waals surface area (Å²) in [6.45, 7) is 0. The number of rotatable bonds is 7. The number of amides is 1. The zero-order valence-electron chi connectivity index (χ0n) is 12.9. The molecule has 0 radical (unpaired) electrons. The van der Waals surface area contributed by atoms with Crippen LogP contribution >= 0.6 is 0 Å². The molecule has 0 spiro atoms. The largest absolute Gasteiger partial charge is 0.481 e. The van der Waals surface area contributed by atoms with E-state index in [0.29, 0.717) is 0 Å². The van der Waals surface area contributed by atoms with Crippen molar-refractivity contribution in [3.63, 3.8) is 0 Å². The second-order valence-corrected chi connectivity index (χ2v) is 5.44. The first-order valence-corrected chi connectivity index (χ1v) is 7.37. The summed E-state index contributed by atoms with van der Waals surface area (Å²) in [7, 11) is 0. The minimum atomic E-state index is -1.41. The van der Waals surface area contributed by atoms with Crippen LogP contribution in [-0.4, -0.2) is 28.8 Å². The molecule has 2 aromatic carbocycles. The van der Waals surface area contributed by atoms with Gasteiger partial charge < -0.3 is 16.6 Å². The van der Waals surface area contributed by atoms with Gasteiger partial charge in [-0.3, -0.25) is 14.4 Å². The monoisotopic (exact) mass is 326 g/mol. The molecule has 1 amide bonds. The molecule has 2 aromatic rings. The van der Waals surface area contributed by atoms with Gasteiger partial charge in [-0.05, 0) is 17.5 Å². The molecule has 0 aliphatic rings. The highest BCUT2D eigenvalue weighted by molar-refractivity contribution is 6.08. The summed E-state index contributed by atoms with van der Waals surface area (Å²) >= 11 is 0. The molecule has 0 aromatic heterocycles. The van der Waals surface area contributed by atoms with Gasteiger partial charge >= 0.3 is 5.97 Å². The molecule has 6 nitrogen and oxygen atoms in total. The lowest BCUT2D eigenvalue weighted by Gasteiger charge is -2.14. The van der Waals surface area contributed by atoms with Crippen LogP contribution in [0.2, 0.25) is 0 Å². The summed E-state index contributed by atoms with van der Waals surface area (Å²) in [4.78, 5) is 34.7. The normalized spacial score (nSPS) is 13.0. The minimum absolute atomic E-state index is 0.249. The first kappa shape index (κ1) is 17.4. The van der Waals surface area contributed by atoms with Crippen LogP contribution in [0.4, 0.5) is 0 Å². The van der Waals surface area contributed by atoms with Crippen LogP contribution in [0.25, 0.3) is 11.1 Å². The van der Waals surface area contributed by atoms with Crippen LogP contribution < -0.4 is 11.5 Å². The SMILES string of the molecule is NC(=O)[C@H](N)CC(C(=O)O)C(=O)c1ccc(-c2ccccc2)cc1. The van der Waals surface area contributed by atoms with Crippen molar-refractivity contribution in [2.75, 3.05) is 0 Å². The van der Waals surface area contributed by atoms with Crippen LogP contribution in [0.15, 0.2) is 54.6 Å². The van der Waals surface area contributed by atoms with Crippen LogP contribution in [-0.2, 0) is 9.59 Å². The average Bonchev–Trinajstić information content (AvgIpc) is 2.59. The van der Waals surface area contributed by atoms with Gasteiger partial charge in [-0.25, -0.2) is 0 Å². The van der Waals surface area contributed by atoms with Gasteiger partial charge in [0.2, 0.25) is 5.91 Å². The number of carboxylic acid groups (broad SMARTS) is 1. The first-order chi connectivity index (χ1) is 11.4. The summed E-state index contributed by atoms with van der Waals surface area (Å²) < 4.78 is 0. The molecule has 0 heterocycles. The number of hydrogen-bond acceptors (Lipinski definition) is 4. The number of carboxylic acids is 1. The van der Waals surface area contributed by atoms with E-state index in [4.69, 9.17) is 11.5 Å². The van der Waals surface area contributed by atoms with Crippen molar-refractivity contribution in [2.45, 2.75) is 12.5 Å². The third kappa shape index (κ3) is 4.05. The van der Waals surface area contributed by atoms with Crippen molar-refractivity contribution < 1.29 is 19.5 Å². The number of aliphatic carboxylic acids is 1. The third-order valence-corrected chi connectivity index (χ3v) is 3.75. The first-order valence-electron chi connectivity index (χ1n) is 7.37. The van der Waals surface area contributed by atoms with Crippen molar-refractivity contribution in [1.29, 1.82) is 0 Å². The van der Waals surface area contributed by atoms with E-state index < -0.39 is 29.6 Å². The number of carbonyl (C=O) groups is 3. The Balaban J connectivity index is 2.21. The Hall–Kier alpha value is -2.99. The Bertz CT molecular complexity index is 741. The van der Waals surface area contributed by atoms with Gasteiger partial charge in [0.25, 0.3) is 0 Å². The molecule has 1 unspecified atom stereocenters. The smallest absolute Gasteiger partial charge is 0.314 e. The van der Waals surface area contributed by atoms with Crippen molar-refractivity contribution in [2.24, 2.45) is 17.4 Å². The fraction of sp³-hybridized carbons (Fsp3) is 0.167. The molecular weight excluding hydrogens is 308 g/mol. The van der Waals surface area contributed by atoms with Gasteiger partial charge in [-0.15, -0.1) is 0 Å². The maximum atomic E-state index is 12.4. The lowest BCUT2D eigenvalue weighted by Crippen LogP contribution is -2.41. The van der Waals surface area contributed by atoms with Crippen LogP contribution in [0.1, 0.15) is 16.8 Å². The van der Waals surface area contributed by atoms with Gasteiger partial charge in [0.05, 0.1) is 6.04 Å². The van der Waals surface area contributed by atoms with Gasteiger partial charge in [-0.2, -0.15) is 0 Å². The summed E-state index contributed by atoms with van der Waals surface area (Å²) in [6.07, 6.45) is -0.329. The van der Waals surface area contributed by atoms with Crippen molar-refractivity contribution >= 4 is 17.7 Å². The molecule has 5 N–H and O–H groups in total. The fourth-order valence-corrected chi connectivity index (χ4v) is 2.35. The molecule has 6 heteroatoms. The number of nitrogens with two attached hydrogens (primary N) is 2. The molecule has 0 saturated heterocycles.